The zero-order valence-corrected chi connectivity index (χ0v) is 20.5. The van der Waals surface area contributed by atoms with Gasteiger partial charge in [0.1, 0.15) is 12.0 Å². The molecule has 1 saturated heterocycles. The maximum atomic E-state index is 13.5. The Labute approximate surface area is 209 Å². The van der Waals surface area contributed by atoms with E-state index in [0.717, 1.165) is 24.8 Å². The summed E-state index contributed by atoms with van der Waals surface area (Å²) in [5.41, 5.74) is 1.31. The molecule has 7 nitrogen and oxygen atoms in total. The van der Waals surface area contributed by atoms with E-state index < -0.39 is 5.54 Å². The van der Waals surface area contributed by atoms with Crippen LogP contribution in [0.15, 0.2) is 65.6 Å². The Bertz CT molecular complexity index is 1260. The topological polar surface area (TPSA) is 76.5 Å². The third-order valence-electron chi connectivity index (χ3n) is 7.03. The number of hydrogen-bond donors (Lipinski definition) is 1. The van der Waals surface area contributed by atoms with Gasteiger partial charge in [-0.1, -0.05) is 42.8 Å². The summed E-state index contributed by atoms with van der Waals surface area (Å²) in [4.78, 5) is 27.8. The number of anilines is 2. The number of para-hydroxylation sites is 1. The number of carbonyl (C=O) groups excluding carboxylic acids is 1. The summed E-state index contributed by atoms with van der Waals surface area (Å²) in [6, 6.07) is 16.8. The second-order valence-corrected chi connectivity index (χ2v) is 10.3. The van der Waals surface area contributed by atoms with Crippen LogP contribution in [0.1, 0.15) is 32.6 Å². The van der Waals surface area contributed by atoms with Crippen molar-refractivity contribution in [1.29, 1.82) is 0 Å². The molecule has 0 atom stereocenters. The zero-order valence-electron chi connectivity index (χ0n) is 19.7. The van der Waals surface area contributed by atoms with Crippen LogP contribution in [0.2, 0.25) is 5.02 Å². The predicted octanol–water partition coefficient (Wildman–Crippen LogP) is 4.71. The molecule has 0 spiro atoms. The van der Waals surface area contributed by atoms with E-state index in [2.05, 4.69) is 22.2 Å². The SMILES string of the molecule is CC1(COc2c(N3CCC(C=O)(Nc4ccccc4)CC3)cnn(-c3cccc(Cl)c3)c2=O)CC1. The van der Waals surface area contributed by atoms with Crippen molar-refractivity contribution in [2.75, 3.05) is 29.9 Å². The summed E-state index contributed by atoms with van der Waals surface area (Å²) in [5.74, 6) is 0.294. The van der Waals surface area contributed by atoms with Crippen LogP contribution in [0.5, 0.6) is 5.75 Å². The molecule has 0 radical (unpaired) electrons. The van der Waals surface area contributed by atoms with E-state index in [1.54, 1.807) is 30.5 Å². The number of hydrogen-bond acceptors (Lipinski definition) is 6. The van der Waals surface area contributed by atoms with Crippen molar-refractivity contribution in [3.8, 4) is 11.4 Å². The van der Waals surface area contributed by atoms with Crippen LogP contribution in [0, 0.1) is 5.41 Å². The van der Waals surface area contributed by atoms with Crippen molar-refractivity contribution in [2.45, 2.75) is 38.1 Å². The minimum absolute atomic E-state index is 0.113. The van der Waals surface area contributed by atoms with Gasteiger partial charge in [0, 0.05) is 29.2 Å². The van der Waals surface area contributed by atoms with Crippen LogP contribution in [0.3, 0.4) is 0 Å². The van der Waals surface area contributed by atoms with Gasteiger partial charge in [0.05, 0.1) is 24.0 Å². The van der Waals surface area contributed by atoms with E-state index >= 15 is 0 Å². The van der Waals surface area contributed by atoms with Gasteiger partial charge in [-0.15, -0.1) is 0 Å². The van der Waals surface area contributed by atoms with E-state index in [9.17, 15) is 9.59 Å². The molecule has 1 aromatic heterocycles. The van der Waals surface area contributed by atoms with Crippen LogP contribution in [-0.2, 0) is 4.79 Å². The Morgan fingerprint density at radius 2 is 1.83 bits per heavy atom. The van der Waals surface area contributed by atoms with E-state index in [1.807, 2.05) is 30.3 Å². The molecule has 0 bridgehead atoms. The first-order valence-corrected chi connectivity index (χ1v) is 12.3. The van der Waals surface area contributed by atoms with Gasteiger partial charge in [-0.25, -0.2) is 0 Å². The summed E-state index contributed by atoms with van der Waals surface area (Å²) < 4.78 is 7.51. The molecule has 1 N–H and O–H groups in total. The Morgan fingerprint density at radius 3 is 2.49 bits per heavy atom. The number of rotatable bonds is 8. The first-order chi connectivity index (χ1) is 16.9. The molecule has 0 unspecified atom stereocenters. The van der Waals surface area contributed by atoms with Crippen molar-refractivity contribution >= 4 is 29.3 Å². The van der Waals surface area contributed by atoms with E-state index in [-0.39, 0.29) is 11.0 Å². The van der Waals surface area contributed by atoms with Crippen molar-refractivity contribution in [1.82, 2.24) is 9.78 Å². The maximum Gasteiger partial charge on any atom is 0.316 e. The number of carbonyl (C=O) groups is 1. The average Bonchev–Trinajstić information content (AvgIpc) is 3.61. The summed E-state index contributed by atoms with van der Waals surface area (Å²) in [7, 11) is 0. The van der Waals surface area contributed by atoms with Crippen LogP contribution >= 0.6 is 11.6 Å². The molecular formula is C27H29ClN4O3. The van der Waals surface area contributed by atoms with Crippen LogP contribution in [0.4, 0.5) is 11.4 Å². The largest absolute Gasteiger partial charge is 0.486 e. The lowest BCUT2D eigenvalue weighted by Crippen LogP contribution is -2.51. The highest BCUT2D eigenvalue weighted by Gasteiger charge is 2.39. The fraction of sp³-hybridized carbons (Fsp3) is 0.370. The van der Waals surface area contributed by atoms with Gasteiger partial charge in [0.15, 0.2) is 0 Å². The van der Waals surface area contributed by atoms with Crippen molar-refractivity contribution in [3.05, 3.63) is 76.2 Å². The van der Waals surface area contributed by atoms with Gasteiger partial charge in [-0.2, -0.15) is 9.78 Å². The molecule has 2 heterocycles. The molecular weight excluding hydrogens is 464 g/mol. The maximum absolute atomic E-state index is 13.5. The zero-order chi connectivity index (χ0) is 24.5. The van der Waals surface area contributed by atoms with Crippen LogP contribution in [0.25, 0.3) is 5.69 Å². The Hall–Kier alpha value is -3.32. The second kappa shape index (κ2) is 9.38. The molecule has 1 saturated carbocycles. The molecule has 1 aliphatic heterocycles. The highest BCUT2D eigenvalue weighted by molar-refractivity contribution is 6.30. The van der Waals surface area contributed by atoms with Crippen molar-refractivity contribution in [2.24, 2.45) is 5.41 Å². The summed E-state index contributed by atoms with van der Waals surface area (Å²) in [6.07, 6.45) is 6.07. The summed E-state index contributed by atoms with van der Waals surface area (Å²) >= 11 is 6.15. The number of piperidine rings is 1. The van der Waals surface area contributed by atoms with Gasteiger partial charge in [-0.05, 0) is 56.0 Å². The van der Waals surface area contributed by atoms with E-state index in [0.29, 0.717) is 54.7 Å². The molecule has 0 amide bonds. The minimum Gasteiger partial charge on any atom is -0.486 e. The number of halogens is 1. The lowest BCUT2D eigenvalue weighted by atomic mass is 9.88. The summed E-state index contributed by atoms with van der Waals surface area (Å²) in [6.45, 7) is 3.83. The van der Waals surface area contributed by atoms with Gasteiger partial charge in [-0.3, -0.25) is 4.79 Å². The standard InChI is InChI=1S/C27H29ClN4O3/c1-26(10-11-26)19-35-24-23(17-29-32(25(24)34)22-9-5-6-20(28)16-22)31-14-12-27(18-33,13-15-31)30-21-7-3-2-4-8-21/h2-9,16-18,30H,10-15,19H2,1H3. The second-order valence-electron chi connectivity index (χ2n) is 9.91. The number of benzene rings is 2. The number of ether oxygens (including phenoxy) is 1. The fourth-order valence-electron chi connectivity index (χ4n) is 4.41. The van der Waals surface area contributed by atoms with Gasteiger partial charge >= 0.3 is 5.56 Å². The molecule has 2 aliphatic rings. The molecule has 2 aromatic carbocycles. The monoisotopic (exact) mass is 492 g/mol. The Kier molecular flexibility index (Phi) is 6.28. The smallest absolute Gasteiger partial charge is 0.316 e. The van der Waals surface area contributed by atoms with Crippen molar-refractivity contribution < 1.29 is 9.53 Å². The molecule has 35 heavy (non-hydrogen) atoms. The lowest BCUT2D eigenvalue weighted by molar-refractivity contribution is -0.112. The highest BCUT2D eigenvalue weighted by Crippen LogP contribution is 2.45. The van der Waals surface area contributed by atoms with Gasteiger partial charge < -0.3 is 19.7 Å². The normalized spacial score (nSPS) is 18.1. The molecule has 5 rings (SSSR count). The van der Waals surface area contributed by atoms with Gasteiger partial charge in [0.2, 0.25) is 5.75 Å². The number of nitrogens with zero attached hydrogens (tertiary/aromatic N) is 3. The summed E-state index contributed by atoms with van der Waals surface area (Å²) in [5, 5.41) is 8.39. The Balaban J connectivity index is 1.42. The van der Waals surface area contributed by atoms with Crippen LogP contribution < -0.4 is 20.5 Å². The highest BCUT2D eigenvalue weighted by atomic mass is 35.5. The average molecular weight is 493 g/mol. The third kappa shape index (κ3) is 5.05. The first-order valence-electron chi connectivity index (χ1n) is 12.0. The van der Waals surface area contributed by atoms with Crippen LogP contribution in [-0.4, -0.2) is 41.3 Å². The van der Waals surface area contributed by atoms with E-state index in [4.69, 9.17) is 16.3 Å². The number of nitrogens with one attached hydrogen (secondary N) is 1. The molecule has 3 aromatic rings. The van der Waals surface area contributed by atoms with Gasteiger partial charge in [0.25, 0.3) is 0 Å². The first kappa shape index (κ1) is 23.4. The molecule has 2 fully saturated rings. The van der Waals surface area contributed by atoms with E-state index in [1.165, 1.54) is 4.68 Å². The molecule has 182 valence electrons. The minimum atomic E-state index is -0.649. The lowest BCUT2D eigenvalue weighted by Gasteiger charge is -2.40. The number of aldehydes is 1. The third-order valence-corrected chi connectivity index (χ3v) is 7.26. The van der Waals surface area contributed by atoms with Crippen molar-refractivity contribution in [3.63, 3.8) is 0 Å². The number of aromatic nitrogens is 2. The predicted molar refractivity (Wildman–Crippen MR) is 138 cm³/mol. The fourth-order valence-corrected chi connectivity index (χ4v) is 4.60. The molecule has 1 aliphatic carbocycles. The Morgan fingerprint density at radius 1 is 1.09 bits per heavy atom. The molecule has 8 heteroatoms. The quantitative estimate of drug-likeness (QED) is 0.459.